The van der Waals surface area contributed by atoms with Crippen molar-refractivity contribution in [3.63, 3.8) is 0 Å². The SMILES string of the molecule is CC1CC(C)CN(C(CN)c2ccncn2)C1. The minimum Gasteiger partial charge on any atom is -0.329 e. The fourth-order valence-electron chi connectivity index (χ4n) is 2.92. The lowest BCUT2D eigenvalue weighted by atomic mass is 9.90. The molecule has 1 aromatic rings. The number of nitrogens with zero attached hydrogens (tertiary/aromatic N) is 3. The van der Waals surface area contributed by atoms with Crippen LogP contribution in [0.1, 0.15) is 32.0 Å². The van der Waals surface area contributed by atoms with E-state index in [4.69, 9.17) is 5.73 Å². The van der Waals surface area contributed by atoms with Crippen LogP contribution in [0.25, 0.3) is 0 Å². The molecule has 0 spiro atoms. The summed E-state index contributed by atoms with van der Waals surface area (Å²) in [5, 5.41) is 0. The Morgan fingerprint density at radius 1 is 1.41 bits per heavy atom. The van der Waals surface area contributed by atoms with Crippen LogP contribution >= 0.6 is 0 Å². The molecule has 1 aliphatic heterocycles. The highest BCUT2D eigenvalue weighted by molar-refractivity contribution is 5.06. The van der Waals surface area contributed by atoms with E-state index in [0.29, 0.717) is 6.54 Å². The van der Waals surface area contributed by atoms with Gasteiger partial charge in [-0.1, -0.05) is 13.8 Å². The average molecular weight is 234 g/mol. The van der Waals surface area contributed by atoms with Gasteiger partial charge < -0.3 is 5.73 Å². The summed E-state index contributed by atoms with van der Waals surface area (Å²) in [6.07, 6.45) is 4.72. The van der Waals surface area contributed by atoms with Crippen LogP contribution in [0.2, 0.25) is 0 Å². The first-order valence-corrected chi connectivity index (χ1v) is 6.40. The van der Waals surface area contributed by atoms with E-state index < -0.39 is 0 Å². The van der Waals surface area contributed by atoms with Crippen LogP contribution in [0.15, 0.2) is 18.6 Å². The zero-order chi connectivity index (χ0) is 12.3. The molecule has 0 saturated carbocycles. The number of piperidine rings is 1. The summed E-state index contributed by atoms with van der Waals surface area (Å²) in [4.78, 5) is 10.8. The Balaban J connectivity index is 2.13. The molecular formula is C13H22N4. The molecule has 3 atom stereocenters. The third-order valence-electron chi connectivity index (χ3n) is 3.51. The molecule has 1 aromatic heterocycles. The Morgan fingerprint density at radius 2 is 2.12 bits per heavy atom. The first-order chi connectivity index (χ1) is 8.20. The largest absolute Gasteiger partial charge is 0.329 e. The summed E-state index contributed by atoms with van der Waals surface area (Å²) in [6, 6.07) is 2.21. The van der Waals surface area contributed by atoms with Gasteiger partial charge in [-0.3, -0.25) is 4.90 Å². The van der Waals surface area contributed by atoms with Gasteiger partial charge >= 0.3 is 0 Å². The number of nitrogens with two attached hydrogens (primary N) is 1. The molecule has 1 fully saturated rings. The van der Waals surface area contributed by atoms with E-state index in [1.165, 1.54) is 6.42 Å². The Morgan fingerprint density at radius 3 is 2.65 bits per heavy atom. The Kier molecular flexibility index (Phi) is 4.07. The second-order valence-corrected chi connectivity index (χ2v) is 5.29. The molecule has 0 amide bonds. The van der Waals surface area contributed by atoms with E-state index in [9.17, 15) is 0 Å². The maximum Gasteiger partial charge on any atom is 0.115 e. The van der Waals surface area contributed by atoms with Crippen molar-refractivity contribution in [2.24, 2.45) is 17.6 Å². The van der Waals surface area contributed by atoms with Crippen molar-refractivity contribution in [2.75, 3.05) is 19.6 Å². The minimum atomic E-state index is 0.239. The molecular weight excluding hydrogens is 212 g/mol. The first kappa shape index (κ1) is 12.5. The number of aromatic nitrogens is 2. The van der Waals surface area contributed by atoms with Crippen LogP contribution in [0.5, 0.6) is 0 Å². The van der Waals surface area contributed by atoms with Gasteiger partial charge in [0, 0.05) is 25.8 Å². The van der Waals surface area contributed by atoms with E-state index in [-0.39, 0.29) is 6.04 Å². The summed E-state index contributed by atoms with van der Waals surface area (Å²) < 4.78 is 0. The standard InChI is InChI=1S/C13H22N4/c1-10-5-11(2)8-17(7-10)13(6-14)12-3-4-15-9-16-12/h3-4,9-11,13H,5-8,14H2,1-2H3. The molecule has 4 nitrogen and oxygen atoms in total. The molecule has 2 N–H and O–H groups in total. The molecule has 0 aromatic carbocycles. The zero-order valence-corrected chi connectivity index (χ0v) is 10.7. The third kappa shape index (κ3) is 3.01. The van der Waals surface area contributed by atoms with E-state index in [1.54, 1.807) is 12.5 Å². The lowest BCUT2D eigenvalue weighted by Gasteiger charge is -2.39. The van der Waals surface area contributed by atoms with Crippen LogP contribution < -0.4 is 5.73 Å². The van der Waals surface area contributed by atoms with Gasteiger partial charge in [0.2, 0.25) is 0 Å². The van der Waals surface area contributed by atoms with Gasteiger partial charge in [-0.15, -0.1) is 0 Å². The van der Waals surface area contributed by atoms with E-state index in [0.717, 1.165) is 30.6 Å². The summed E-state index contributed by atoms with van der Waals surface area (Å²) in [6.45, 7) is 7.50. The summed E-state index contributed by atoms with van der Waals surface area (Å²) >= 11 is 0. The maximum absolute atomic E-state index is 5.92. The maximum atomic E-state index is 5.92. The van der Waals surface area contributed by atoms with E-state index >= 15 is 0 Å². The number of rotatable bonds is 3. The fourth-order valence-corrected chi connectivity index (χ4v) is 2.92. The van der Waals surface area contributed by atoms with Gasteiger partial charge in [0.1, 0.15) is 6.33 Å². The van der Waals surface area contributed by atoms with Crippen molar-refractivity contribution in [1.82, 2.24) is 14.9 Å². The summed E-state index contributed by atoms with van der Waals surface area (Å²) in [5.41, 5.74) is 6.97. The van der Waals surface area contributed by atoms with E-state index in [2.05, 4.69) is 28.7 Å². The van der Waals surface area contributed by atoms with Gasteiger partial charge in [0.15, 0.2) is 0 Å². The van der Waals surface area contributed by atoms with Crippen molar-refractivity contribution < 1.29 is 0 Å². The van der Waals surface area contributed by atoms with Gasteiger partial charge in [0.25, 0.3) is 0 Å². The highest BCUT2D eigenvalue weighted by atomic mass is 15.2. The zero-order valence-electron chi connectivity index (χ0n) is 10.7. The normalized spacial score (nSPS) is 27.9. The monoisotopic (exact) mass is 234 g/mol. The van der Waals surface area contributed by atoms with Crippen molar-refractivity contribution in [3.8, 4) is 0 Å². The third-order valence-corrected chi connectivity index (χ3v) is 3.51. The van der Waals surface area contributed by atoms with Crippen LogP contribution in [0, 0.1) is 11.8 Å². The predicted octanol–water partition coefficient (Wildman–Crippen LogP) is 1.45. The number of likely N-dealkylation sites (tertiary alicyclic amines) is 1. The Labute approximate surface area is 103 Å². The van der Waals surface area contributed by atoms with Crippen LogP contribution in [-0.4, -0.2) is 34.5 Å². The fraction of sp³-hybridized carbons (Fsp3) is 0.692. The lowest BCUT2D eigenvalue weighted by Crippen LogP contribution is -2.43. The van der Waals surface area contributed by atoms with Gasteiger partial charge in [-0.25, -0.2) is 9.97 Å². The average Bonchev–Trinajstić information content (AvgIpc) is 2.30. The molecule has 1 aliphatic rings. The molecule has 94 valence electrons. The van der Waals surface area contributed by atoms with Crippen molar-refractivity contribution in [3.05, 3.63) is 24.3 Å². The van der Waals surface area contributed by atoms with Gasteiger partial charge in [-0.05, 0) is 24.3 Å². The number of hydrogen-bond acceptors (Lipinski definition) is 4. The van der Waals surface area contributed by atoms with Gasteiger partial charge in [-0.2, -0.15) is 0 Å². The molecule has 0 radical (unpaired) electrons. The second-order valence-electron chi connectivity index (χ2n) is 5.29. The summed E-state index contributed by atoms with van der Waals surface area (Å²) in [5.74, 6) is 1.49. The highest BCUT2D eigenvalue weighted by Gasteiger charge is 2.28. The quantitative estimate of drug-likeness (QED) is 0.860. The van der Waals surface area contributed by atoms with Crippen LogP contribution in [-0.2, 0) is 0 Å². The molecule has 3 unspecified atom stereocenters. The molecule has 17 heavy (non-hydrogen) atoms. The highest BCUT2D eigenvalue weighted by Crippen LogP contribution is 2.27. The van der Waals surface area contributed by atoms with E-state index in [1.807, 2.05) is 6.07 Å². The summed E-state index contributed by atoms with van der Waals surface area (Å²) in [7, 11) is 0. The molecule has 2 rings (SSSR count). The molecule has 1 saturated heterocycles. The molecule has 0 aliphatic carbocycles. The smallest absolute Gasteiger partial charge is 0.115 e. The van der Waals surface area contributed by atoms with Crippen molar-refractivity contribution in [2.45, 2.75) is 26.3 Å². The van der Waals surface area contributed by atoms with Crippen LogP contribution in [0.4, 0.5) is 0 Å². The Hall–Kier alpha value is -1.00. The molecule has 2 heterocycles. The molecule has 4 heteroatoms. The lowest BCUT2D eigenvalue weighted by molar-refractivity contribution is 0.0964. The molecule has 0 bridgehead atoms. The van der Waals surface area contributed by atoms with Gasteiger partial charge in [0.05, 0.1) is 11.7 Å². The topological polar surface area (TPSA) is 55.0 Å². The van der Waals surface area contributed by atoms with Crippen molar-refractivity contribution >= 4 is 0 Å². The minimum absolute atomic E-state index is 0.239. The predicted molar refractivity (Wildman–Crippen MR) is 68.3 cm³/mol. The van der Waals surface area contributed by atoms with Crippen molar-refractivity contribution in [1.29, 1.82) is 0 Å². The first-order valence-electron chi connectivity index (χ1n) is 6.40. The Bertz CT molecular complexity index is 331. The number of hydrogen-bond donors (Lipinski definition) is 1. The van der Waals surface area contributed by atoms with Crippen LogP contribution in [0.3, 0.4) is 0 Å². The second kappa shape index (κ2) is 5.56.